The fraction of sp³-hybridized carbons (Fsp3) is 0.667. The van der Waals surface area contributed by atoms with Gasteiger partial charge in [-0.05, 0) is 48.6 Å². The van der Waals surface area contributed by atoms with Crippen molar-refractivity contribution in [3.05, 3.63) is 22.4 Å². The lowest BCUT2D eigenvalue weighted by atomic mass is 10.0. The van der Waals surface area contributed by atoms with Crippen LogP contribution in [-0.2, 0) is 11.2 Å². The Morgan fingerprint density at radius 1 is 1.47 bits per heavy atom. The Kier molecular flexibility index (Phi) is 5.91. The van der Waals surface area contributed by atoms with Gasteiger partial charge in [-0.3, -0.25) is 0 Å². The first kappa shape index (κ1) is 12.7. The molecule has 0 fully saturated rings. The Bertz CT molecular complexity index is 248. The number of hydrogen-bond donors (Lipinski definition) is 1. The first-order valence-corrected chi connectivity index (χ1v) is 6.60. The molecule has 0 saturated heterocycles. The molecular weight excluding hydrogens is 206 g/mol. The Hall–Kier alpha value is -0.380. The van der Waals surface area contributed by atoms with E-state index >= 15 is 0 Å². The van der Waals surface area contributed by atoms with Crippen molar-refractivity contribution >= 4 is 11.3 Å². The number of nitrogens with two attached hydrogens (primary N) is 1. The average Bonchev–Trinajstić information content (AvgIpc) is 2.75. The number of rotatable bonds is 7. The smallest absolute Gasteiger partial charge is 0.0723 e. The van der Waals surface area contributed by atoms with Crippen LogP contribution in [0.5, 0.6) is 0 Å². The molecule has 0 spiro atoms. The summed E-state index contributed by atoms with van der Waals surface area (Å²) in [4.78, 5) is 0. The van der Waals surface area contributed by atoms with E-state index in [9.17, 15) is 0 Å². The van der Waals surface area contributed by atoms with Gasteiger partial charge >= 0.3 is 0 Å². The lowest BCUT2D eigenvalue weighted by molar-refractivity contribution is 0.0398. The summed E-state index contributed by atoms with van der Waals surface area (Å²) in [7, 11) is 0. The van der Waals surface area contributed by atoms with E-state index in [-0.39, 0.29) is 12.1 Å². The summed E-state index contributed by atoms with van der Waals surface area (Å²) in [5.74, 6) is 0. The van der Waals surface area contributed by atoms with E-state index in [1.807, 2.05) is 6.92 Å². The van der Waals surface area contributed by atoms with Crippen LogP contribution in [0.15, 0.2) is 16.8 Å². The minimum atomic E-state index is 0.162. The molecule has 1 heterocycles. The van der Waals surface area contributed by atoms with Crippen LogP contribution < -0.4 is 5.73 Å². The van der Waals surface area contributed by atoms with Gasteiger partial charge < -0.3 is 10.5 Å². The third-order valence-electron chi connectivity index (χ3n) is 2.61. The third kappa shape index (κ3) is 4.33. The normalized spacial score (nSPS) is 15.1. The Labute approximate surface area is 96.4 Å². The molecule has 3 heteroatoms. The van der Waals surface area contributed by atoms with Crippen molar-refractivity contribution in [2.75, 3.05) is 6.61 Å². The first-order chi connectivity index (χ1) is 7.27. The summed E-state index contributed by atoms with van der Waals surface area (Å²) in [6.45, 7) is 4.91. The van der Waals surface area contributed by atoms with Gasteiger partial charge in [0.25, 0.3) is 0 Å². The van der Waals surface area contributed by atoms with E-state index in [0.29, 0.717) is 0 Å². The lowest BCUT2D eigenvalue weighted by Crippen LogP contribution is -2.36. The molecule has 0 amide bonds. The maximum atomic E-state index is 6.11. The second-order valence-corrected chi connectivity index (χ2v) is 4.52. The van der Waals surface area contributed by atoms with Crippen LogP contribution in [0, 0.1) is 0 Å². The molecule has 2 atom stereocenters. The van der Waals surface area contributed by atoms with Crippen LogP contribution in [0.25, 0.3) is 0 Å². The van der Waals surface area contributed by atoms with E-state index in [0.717, 1.165) is 25.9 Å². The molecule has 1 rings (SSSR count). The third-order valence-corrected chi connectivity index (χ3v) is 3.34. The predicted octanol–water partition coefficient (Wildman–Crippen LogP) is 2.82. The zero-order chi connectivity index (χ0) is 11.1. The van der Waals surface area contributed by atoms with Gasteiger partial charge in [-0.15, -0.1) is 0 Å². The second kappa shape index (κ2) is 6.99. The molecule has 15 heavy (non-hydrogen) atoms. The molecule has 86 valence electrons. The van der Waals surface area contributed by atoms with Crippen LogP contribution in [0.2, 0.25) is 0 Å². The molecule has 0 aliphatic heterocycles. The summed E-state index contributed by atoms with van der Waals surface area (Å²) in [6.07, 6.45) is 3.29. The monoisotopic (exact) mass is 227 g/mol. The Morgan fingerprint density at radius 2 is 2.27 bits per heavy atom. The zero-order valence-corrected chi connectivity index (χ0v) is 10.4. The van der Waals surface area contributed by atoms with E-state index in [4.69, 9.17) is 10.5 Å². The molecule has 0 radical (unpaired) electrons. The van der Waals surface area contributed by atoms with Crippen molar-refractivity contribution < 1.29 is 4.74 Å². The fourth-order valence-corrected chi connectivity index (χ4v) is 2.42. The largest absolute Gasteiger partial charge is 0.377 e. The van der Waals surface area contributed by atoms with E-state index in [1.54, 1.807) is 11.3 Å². The summed E-state index contributed by atoms with van der Waals surface area (Å²) in [6, 6.07) is 2.33. The topological polar surface area (TPSA) is 35.2 Å². The van der Waals surface area contributed by atoms with E-state index in [1.165, 1.54) is 5.56 Å². The zero-order valence-electron chi connectivity index (χ0n) is 9.61. The summed E-state index contributed by atoms with van der Waals surface area (Å²) >= 11 is 1.74. The first-order valence-electron chi connectivity index (χ1n) is 5.66. The molecule has 2 N–H and O–H groups in total. The van der Waals surface area contributed by atoms with Gasteiger partial charge in [0, 0.05) is 12.6 Å². The molecule has 0 aromatic carbocycles. The number of thiophene rings is 1. The maximum Gasteiger partial charge on any atom is 0.0723 e. The number of hydrogen-bond acceptors (Lipinski definition) is 3. The summed E-state index contributed by atoms with van der Waals surface area (Å²) in [5.41, 5.74) is 7.50. The van der Waals surface area contributed by atoms with Gasteiger partial charge in [0.05, 0.1) is 6.10 Å². The number of aryl methyl sites for hydroxylation is 1. The minimum Gasteiger partial charge on any atom is -0.377 e. The van der Waals surface area contributed by atoms with Crippen molar-refractivity contribution in [1.29, 1.82) is 0 Å². The highest BCUT2D eigenvalue weighted by atomic mass is 32.1. The van der Waals surface area contributed by atoms with Gasteiger partial charge in [-0.25, -0.2) is 0 Å². The van der Waals surface area contributed by atoms with Crippen LogP contribution in [0.4, 0.5) is 0 Å². The summed E-state index contributed by atoms with van der Waals surface area (Å²) < 4.78 is 5.60. The molecule has 2 nitrogen and oxygen atoms in total. The SMILES string of the molecule is CCOC(CC)C(N)CCc1ccsc1. The number of ether oxygens (including phenoxy) is 1. The molecule has 0 aliphatic rings. The summed E-state index contributed by atoms with van der Waals surface area (Å²) in [5, 5.41) is 4.30. The standard InChI is InChI=1S/C12H21NOS/c1-3-12(14-4-2)11(13)6-5-10-7-8-15-9-10/h7-9,11-12H,3-6,13H2,1-2H3. The van der Waals surface area contributed by atoms with Gasteiger partial charge in [-0.2, -0.15) is 11.3 Å². The van der Waals surface area contributed by atoms with Crippen LogP contribution in [0.3, 0.4) is 0 Å². The Morgan fingerprint density at radius 3 is 2.80 bits per heavy atom. The van der Waals surface area contributed by atoms with Gasteiger partial charge in [0.2, 0.25) is 0 Å². The molecular formula is C12H21NOS. The van der Waals surface area contributed by atoms with Crippen molar-refractivity contribution in [3.8, 4) is 0 Å². The second-order valence-electron chi connectivity index (χ2n) is 3.74. The lowest BCUT2D eigenvalue weighted by Gasteiger charge is -2.22. The highest BCUT2D eigenvalue weighted by Crippen LogP contribution is 2.12. The molecule has 1 aromatic heterocycles. The fourth-order valence-electron chi connectivity index (χ4n) is 1.71. The van der Waals surface area contributed by atoms with Crippen molar-refractivity contribution in [2.24, 2.45) is 5.73 Å². The molecule has 0 saturated carbocycles. The highest BCUT2D eigenvalue weighted by molar-refractivity contribution is 7.07. The van der Waals surface area contributed by atoms with E-state index in [2.05, 4.69) is 23.8 Å². The molecule has 0 aliphatic carbocycles. The van der Waals surface area contributed by atoms with Crippen LogP contribution in [0.1, 0.15) is 32.3 Å². The van der Waals surface area contributed by atoms with Gasteiger partial charge in [-0.1, -0.05) is 6.92 Å². The van der Waals surface area contributed by atoms with Crippen LogP contribution >= 0.6 is 11.3 Å². The molecule has 1 aromatic rings. The minimum absolute atomic E-state index is 0.162. The molecule has 2 unspecified atom stereocenters. The quantitative estimate of drug-likeness (QED) is 0.777. The van der Waals surface area contributed by atoms with Crippen molar-refractivity contribution in [2.45, 2.75) is 45.3 Å². The van der Waals surface area contributed by atoms with Gasteiger partial charge in [0.1, 0.15) is 0 Å². The van der Waals surface area contributed by atoms with Crippen molar-refractivity contribution in [3.63, 3.8) is 0 Å². The average molecular weight is 227 g/mol. The highest BCUT2D eigenvalue weighted by Gasteiger charge is 2.15. The predicted molar refractivity (Wildman–Crippen MR) is 66.3 cm³/mol. The van der Waals surface area contributed by atoms with E-state index < -0.39 is 0 Å². The van der Waals surface area contributed by atoms with Crippen molar-refractivity contribution in [1.82, 2.24) is 0 Å². The molecule has 0 bridgehead atoms. The van der Waals surface area contributed by atoms with Gasteiger partial charge in [0.15, 0.2) is 0 Å². The maximum absolute atomic E-state index is 6.11. The Balaban J connectivity index is 2.30. The van der Waals surface area contributed by atoms with Crippen LogP contribution in [-0.4, -0.2) is 18.8 Å².